The van der Waals surface area contributed by atoms with Crippen molar-refractivity contribution in [2.45, 2.75) is 0 Å². The number of H-pyrrole nitrogens is 2. The number of nitrogens with zero attached hydrogens (tertiary/aromatic N) is 4. The van der Waals surface area contributed by atoms with Crippen molar-refractivity contribution in [1.82, 2.24) is 29.7 Å². The second-order valence-corrected chi connectivity index (χ2v) is 7.07. The summed E-state index contributed by atoms with van der Waals surface area (Å²) < 4.78 is 2.58. The maximum absolute atomic E-state index is 11.4. The molecule has 0 radical (unpaired) electrons. The minimum Gasteiger partial charge on any atom is -0.320 e. The molecule has 0 atom stereocenters. The fourth-order valence-electron chi connectivity index (χ4n) is 2.88. The van der Waals surface area contributed by atoms with Crippen molar-refractivity contribution in [3.8, 4) is 11.1 Å². The second kappa shape index (κ2) is 7.80. The largest absolute Gasteiger partial charge is 0.320 e. The molecule has 5 heterocycles. The monoisotopic (exact) mass is 450 g/mol. The average molecular weight is 451 g/mol. The van der Waals surface area contributed by atoms with Crippen LogP contribution in [0.1, 0.15) is 0 Å². The van der Waals surface area contributed by atoms with Gasteiger partial charge in [-0.2, -0.15) is 5.10 Å². The Bertz CT molecular complexity index is 1440. The highest BCUT2D eigenvalue weighted by Gasteiger charge is 2.06. The first-order valence-electron chi connectivity index (χ1n) is 8.62. The minimum atomic E-state index is -0.129. The van der Waals surface area contributed by atoms with Crippen molar-refractivity contribution >= 4 is 38.0 Å². The Morgan fingerprint density at radius 2 is 1.48 bits per heavy atom. The quantitative estimate of drug-likeness (QED) is 0.407. The Balaban J connectivity index is 0.000000150. The molecule has 0 aliphatic carbocycles. The van der Waals surface area contributed by atoms with Crippen LogP contribution in [0.2, 0.25) is 0 Å². The molecule has 0 aromatic carbocycles. The zero-order valence-electron chi connectivity index (χ0n) is 15.3. The maximum Gasteiger partial charge on any atom is 0.248 e. The van der Waals surface area contributed by atoms with Crippen LogP contribution in [-0.4, -0.2) is 29.7 Å². The van der Waals surface area contributed by atoms with E-state index >= 15 is 0 Å². The molecule has 8 nitrogen and oxygen atoms in total. The van der Waals surface area contributed by atoms with Crippen molar-refractivity contribution in [2.75, 3.05) is 0 Å². The van der Waals surface area contributed by atoms with E-state index in [9.17, 15) is 9.59 Å². The van der Waals surface area contributed by atoms with Crippen LogP contribution in [0.3, 0.4) is 0 Å². The highest BCUT2D eigenvalue weighted by molar-refractivity contribution is 9.10. The molecule has 0 fully saturated rings. The van der Waals surface area contributed by atoms with Gasteiger partial charge in [-0.1, -0.05) is 0 Å². The molecule has 2 N–H and O–H groups in total. The van der Waals surface area contributed by atoms with Gasteiger partial charge in [0, 0.05) is 53.4 Å². The summed E-state index contributed by atoms with van der Waals surface area (Å²) in [6, 6.07) is 10.0. The van der Waals surface area contributed by atoms with E-state index in [1.807, 2.05) is 19.3 Å². The molecule has 0 amide bonds. The standard InChI is InChI=1S/C12H10N4O.C8H5BrN2O/c1-16-7-8(6-14-16)9-4-5-13-10-2-3-11(17)15-12(9)10;9-5-3-4-10-6-1-2-7(12)11-8(5)6/h2-7H,1H3,(H,15,17);1-4H,(H,11,12). The van der Waals surface area contributed by atoms with E-state index in [1.165, 1.54) is 12.1 Å². The van der Waals surface area contributed by atoms with Crippen molar-refractivity contribution < 1.29 is 0 Å². The molecule has 0 unspecified atom stereocenters. The van der Waals surface area contributed by atoms with Gasteiger partial charge in [0.2, 0.25) is 11.1 Å². The molecular weight excluding hydrogens is 436 g/mol. The predicted molar refractivity (Wildman–Crippen MR) is 115 cm³/mol. The third-order valence-corrected chi connectivity index (χ3v) is 4.87. The van der Waals surface area contributed by atoms with Gasteiger partial charge in [-0.15, -0.1) is 0 Å². The van der Waals surface area contributed by atoms with Crippen LogP contribution in [0.5, 0.6) is 0 Å². The summed E-state index contributed by atoms with van der Waals surface area (Å²) in [7, 11) is 1.86. The fraction of sp³-hybridized carbons (Fsp3) is 0.0500. The Morgan fingerprint density at radius 3 is 2.14 bits per heavy atom. The Morgan fingerprint density at radius 1 is 0.862 bits per heavy atom. The minimum absolute atomic E-state index is 0.115. The predicted octanol–water partition coefficient (Wildman–Crippen LogP) is 3.01. The molecule has 0 spiro atoms. The van der Waals surface area contributed by atoms with Crippen LogP contribution in [0.4, 0.5) is 0 Å². The number of hydrogen-bond donors (Lipinski definition) is 2. The normalized spacial score (nSPS) is 10.7. The lowest BCUT2D eigenvalue weighted by atomic mass is 10.1. The molecule has 5 aromatic heterocycles. The van der Waals surface area contributed by atoms with E-state index in [2.05, 4.69) is 41.0 Å². The Kier molecular flexibility index (Phi) is 5.05. The van der Waals surface area contributed by atoms with Crippen molar-refractivity contribution in [2.24, 2.45) is 7.05 Å². The Labute approximate surface area is 172 Å². The average Bonchev–Trinajstić information content (AvgIpc) is 3.15. The topological polar surface area (TPSA) is 109 Å². The smallest absolute Gasteiger partial charge is 0.248 e. The highest BCUT2D eigenvalue weighted by atomic mass is 79.9. The van der Waals surface area contributed by atoms with Crippen molar-refractivity contribution in [3.05, 3.63) is 86.4 Å². The van der Waals surface area contributed by atoms with E-state index in [0.717, 1.165) is 37.7 Å². The summed E-state index contributed by atoms with van der Waals surface area (Å²) in [6.45, 7) is 0. The number of pyridine rings is 4. The van der Waals surface area contributed by atoms with Crippen LogP contribution in [0.25, 0.3) is 33.2 Å². The third kappa shape index (κ3) is 3.99. The first kappa shape index (κ1) is 18.8. The number of aromatic amines is 2. The molecule has 29 heavy (non-hydrogen) atoms. The van der Waals surface area contributed by atoms with E-state index in [0.29, 0.717) is 0 Å². The van der Waals surface area contributed by atoms with E-state index in [1.54, 1.807) is 41.5 Å². The SMILES string of the molecule is Cn1cc(-c2ccnc3ccc(=O)[nH]c23)cn1.O=c1ccc2nccc(Br)c2[nH]1. The van der Waals surface area contributed by atoms with E-state index in [-0.39, 0.29) is 11.1 Å². The fourth-order valence-corrected chi connectivity index (χ4v) is 3.30. The van der Waals surface area contributed by atoms with Crippen molar-refractivity contribution in [3.63, 3.8) is 0 Å². The van der Waals surface area contributed by atoms with Gasteiger partial charge in [-0.3, -0.25) is 24.2 Å². The number of rotatable bonds is 1. The van der Waals surface area contributed by atoms with Gasteiger partial charge >= 0.3 is 0 Å². The molecule has 5 rings (SSSR count). The lowest BCUT2D eigenvalue weighted by Crippen LogP contribution is -2.03. The number of halogens is 1. The number of aromatic nitrogens is 6. The number of hydrogen-bond acceptors (Lipinski definition) is 5. The van der Waals surface area contributed by atoms with E-state index in [4.69, 9.17) is 0 Å². The molecule has 5 aromatic rings. The van der Waals surface area contributed by atoms with Gasteiger partial charge in [0.15, 0.2) is 0 Å². The van der Waals surface area contributed by atoms with Crippen LogP contribution >= 0.6 is 15.9 Å². The summed E-state index contributed by atoms with van der Waals surface area (Å²) >= 11 is 3.32. The molecule has 0 saturated carbocycles. The van der Waals surface area contributed by atoms with Gasteiger partial charge in [0.05, 0.1) is 28.3 Å². The summed E-state index contributed by atoms with van der Waals surface area (Å²) in [5.74, 6) is 0. The molecule has 144 valence electrons. The first-order valence-corrected chi connectivity index (χ1v) is 9.41. The van der Waals surface area contributed by atoms with E-state index < -0.39 is 0 Å². The van der Waals surface area contributed by atoms with Crippen LogP contribution < -0.4 is 11.1 Å². The number of fused-ring (bicyclic) bond motifs is 2. The molecule has 0 aliphatic rings. The molecular formula is C20H15BrN6O2. The first-order chi connectivity index (χ1) is 14.0. The van der Waals surface area contributed by atoms with Gasteiger partial charge in [-0.25, -0.2) is 0 Å². The van der Waals surface area contributed by atoms with Crippen LogP contribution in [0, 0.1) is 0 Å². The zero-order chi connectivity index (χ0) is 20.4. The Hall–Kier alpha value is -3.59. The highest BCUT2D eigenvalue weighted by Crippen LogP contribution is 2.24. The van der Waals surface area contributed by atoms with Crippen LogP contribution in [-0.2, 0) is 7.05 Å². The van der Waals surface area contributed by atoms with Gasteiger partial charge in [0.1, 0.15) is 0 Å². The van der Waals surface area contributed by atoms with Gasteiger partial charge < -0.3 is 9.97 Å². The van der Waals surface area contributed by atoms with Gasteiger partial charge in [0.25, 0.3) is 0 Å². The zero-order valence-corrected chi connectivity index (χ0v) is 16.8. The molecule has 0 saturated heterocycles. The summed E-state index contributed by atoms with van der Waals surface area (Å²) in [5.41, 5.74) is 4.68. The molecule has 0 aliphatic heterocycles. The van der Waals surface area contributed by atoms with Crippen LogP contribution in [0.15, 0.2) is 75.2 Å². The summed E-state index contributed by atoms with van der Waals surface area (Å²) in [4.78, 5) is 36.1. The summed E-state index contributed by atoms with van der Waals surface area (Å²) in [5, 5.41) is 4.13. The lowest BCUT2D eigenvalue weighted by Gasteiger charge is -2.02. The lowest BCUT2D eigenvalue weighted by molar-refractivity contribution is 0.768. The number of aryl methyl sites for hydroxylation is 1. The third-order valence-electron chi connectivity index (χ3n) is 4.21. The maximum atomic E-state index is 11.4. The van der Waals surface area contributed by atoms with Crippen molar-refractivity contribution in [1.29, 1.82) is 0 Å². The molecule has 0 bridgehead atoms. The number of nitrogens with one attached hydrogen (secondary N) is 2. The molecule has 9 heteroatoms. The second-order valence-electron chi connectivity index (χ2n) is 6.22. The van der Waals surface area contributed by atoms with Gasteiger partial charge in [-0.05, 0) is 40.2 Å². The summed E-state index contributed by atoms with van der Waals surface area (Å²) in [6.07, 6.45) is 7.08.